The minimum atomic E-state index is -6.36. The van der Waals surface area contributed by atoms with Gasteiger partial charge in [0.1, 0.15) is 0 Å². The molecule has 0 unspecified atom stereocenters. The largest absolute Gasteiger partial charge is 1.00 e. The predicted octanol–water partition coefficient (Wildman–Crippen LogP) is 0.296. The SMILES string of the molecule is Cn1c(C(F)(F)C(F)(F)C(F)(F)F)[n+](C)c2ccccc21.[Br-]. The molecule has 2 nitrogen and oxygen atoms in total. The summed E-state index contributed by atoms with van der Waals surface area (Å²) >= 11 is 0. The van der Waals surface area contributed by atoms with Crippen LogP contribution in [0.3, 0.4) is 0 Å². The van der Waals surface area contributed by atoms with Gasteiger partial charge in [0.25, 0.3) is 0 Å². The summed E-state index contributed by atoms with van der Waals surface area (Å²) in [6.07, 6.45) is -6.36. The molecule has 0 radical (unpaired) electrons. The molecule has 0 aliphatic carbocycles. The highest BCUT2D eigenvalue weighted by atomic mass is 79.9. The lowest BCUT2D eigenvalue weighted by molar-refractivity contribution is -0.668. The number of fused-ring (bicyclic) bond motifs is 1. The number of hydrogen-bond acceptors (Lipinski definition) is 0. The van der Waals surface area contributed by atoms with Crippen molar-refractivity contribution in [3.63, 3.8) is 0 Å². The molecule has 124 valence electrons. The molecule has 0 saturated carbocycles. The van der Waals surface area contributed by atoms with Crippen LogP contribution in [0.25, 0.3) is 11.0 Å². The van der Waals surface area contributed by atoms with Crippen molar-refractivity contribution in [2.24, 2.45) is 14.1 Å². The molecule has 0 fully saturated rings. The van der Waals surface area contributed by atoms with Crippen LogP contribution < -0.4 is 21.5 Å². The van der Waals surface area contributed by atoms with Crippen molar-refractivity contribution >= 4 is 11.0 Å². The molecule has 0 atom stereocenters. The first-order valence-corrected chi connectivity index (χ1v) is 5.69. The molecule has 0 aliphatic rings. The van der Waals surface area contributed by atoms with Crippen LogP contribution in [0.4, 0.5) is 30.7 Å². The number of rotatable bonds is 2. The predicted molar refractivity (Wildman–Crippen MR) is 59.0 cm³/mol. The average molecular weight is 395 g/mol. The summed E-state index contributed by atoms with van der Waals surface area (Å²) in [5, 5.41) is 0. The van der Waals surface area contributed by atoms with Crippen molar-refractivity contribution < 1.29 is 52.3 Å². The van der Waals surface area contributed by atoms with Gasteiger partial charge >= 0.3 is 23.8 Å². The molecule has 2 aromatic rings. The zero-order valence-electron chi connectivity index (χ0n) is 11.2. The summed E-state index contributed by atoms with van der Waals surface area (Å²) in [5.41, 5.74) is 0.236. The Morgan fingerprint density at radius 3 is 1.91 bits per heavy atom. The topological polar surface area (TPSA) is 8.81 Å². The Bertz CT molecular complexity index is 652. The van der Waals surface area contributed by atoms with E-state index in [1.165, 1.54) is 24.3 Å². The van der Waals surface area contributed by atoms with E-state index < -0.39 is 23.8 Å². The van der Waals surface area contributed by atoms with Crippen molar-refractivity contribution in [2.45, 2.75) is 18.0 Å². The molecule has 0 amide bonds. The molecule has 1 aromatic heterocycles. The van der Waals surface area contributed by atoms with Gasteiger partial charge in [-0.1, -0.05) is 12.1 Å². The standard InChI is InChI=1S/C12H10F7N2.BrH/c1-20-7-5-3-4-6-8(7)21(2)9(20)10(13,14)11(15,16)12(17,18)19;/h3-6H,1-2H3;1H/q+1;/p-1. The smallest absolute Gasteiger partial charge is 0.460 e. The molecule has 22 heavy (non-hydrogen) atoms. The second-order valence-electron chi connectivity index (χ2n) is 4.58. The number of nitrogens with zero attached hydrogens (tertiary/aromatic N) is 2. The normalized spacial score (nSPS) is 13.3. The first kappa shape index (κ1) is 18.7. The summed E-state index contributed by atoms with van der Waals surface area (Å²) in [6.45, 7) is 0. The molecule has 0 spiro atoms. The average Bonchev–Trinajstić information content (AvgIpc) is 2.61. The van der Waals surface area contributed by atoms with E-state index in [-0.39, 0.29) is 28.0 Å². The number of alkyl halides is 7. The Balaban J connectivity index is 0.00000242. The van der Waals surface area contributed by atoms with Gasteiger partial charge in [-0.25, -0.2) is 9.13 Å². The number of aromatic nitrogens is 2. The van der Waals surface area contributed by atoms with Gasteiger partial charge in [-0.2, -0.15) is 30.7 Å². The third kappa shape index (κ3) is 2.37. The molecule has 2 rings (SSSR count). The molecule has 0 aliphatic heterocycles. The Morgan fingerprint density at radius 2 is 1.45 bits per heavy atom. The minimum absolute atomic E-state index is 0. The monoisotopic (exact) mass is 394 g/mol. The highest BCUT2D eigenvalue weighted by molar-refractivity contribution is 5.72. The quantitative estimate of drug-likeness (QED) is 0.511. The lowest BCUT2D eigenvalue weighted by atomic mass is 10.1. The fourth-order valence-corrected chi connectivity index (χ4v) is 2.22. The van der Waals surface area contributed by atoms with E-state index in [1.54, 1.807) is 0 Å². The van der Waals surface area contributed by atoms with E-state index >= 15 is 0 Å². The van der Waals surface area contributed by atoms with Crippen LogP contribution in [-0.4, -0.2) is 16.7 Å². The van der Waals surface area contributed by atoms with Gasteiger partial charge in [-0.15, -0.1) is 0 Å². The van der Waals surface area contributed by atoms with Crippen LogP contribution in [0.5, 0.6) is 0 Å². The van der Waals surface area contributed by atoms with Crippen molar-refractivity contribution in [3.05, 3.63) is 30.1 Å². The number of benzene rings is 1. The Morgan fingerprint density at radius 1 is 0.955 bits per heavy atom. The maximum Gasteiger partial charge on any atom is 0.460 e. The van der Waals surface area contributed by atoms with E-state index in [1.807, 2.05) is 0 Å². The first-order valence-electron chi connectivity index (χ1n) is 5.69. The van der Waals surface area contributed by atoms with Gasteiger partial charge in [-0.05, 0) is 12.1 Å². The van der Waals surface area contributed by atoms with Gasteiger partial charge in [0.15, 0.2) is 11.0 Å². The second-order valence-corrected chi connectivity index (χ2v) is 4.58. The third-order valence-corrected chi connectivity index (χ3v) is 3.27. The van der Waals surface area contributed by atoms with Gasteiger partial charge in [0.2, 0.25) is 0 Å². The summed E-state index contributed by atoms with van der Waals surface area (Å²) in [6, 6.07) is 5.62. The van der Waals surface area contributed by atoms with Crippen LogP contribution in [0, 0.1) is 0 Å². The van der Waals surface area contributed by atoms with Crippen LogP contribution >= 0.6 is 0 Å². The molecule has 0 bridgehead atoms. The van der Waals surface area contributed by atoms with Gasteiger partial charge in [0.05, 0.1) is 14.1 Å². The summed E-state index contributed by atoms with van der Waals surface area (Å²) in [7, 11) is 2.02. The summed E-state index contributed by atoms with van der Waals surface area (Å²) in [5.74, 6) is -13.0. The highest BCUT2D eigenvalue weighted by Crippen LogP contribution is 2.51. The molecule has 1 aromatic carbocycles. The Labute approximate surface area is 130 Å². The highest BCUT2D eigenvalue weighted by Gasteiger charge is 2.77. The van der Waals surface area contributed by atoms with Crippen LogP contribution in [0.2, 0.25) is 0 Å². The van der Waals surface area contributed by atoms with E-state index in [9.17, 15) is 30.7 Å². The zero-order valence-corrected chi connectivity index (χ0v) is 12.8. The third-order valence-electron chi connectivity index (χ3n) is 3.27. The van der Waals surface area contributed by atoms with Gasteiger partial charge < -0.3 is 17.0 Å². The van der Waals surface area contributed by atoms with E-state index in [0.29, 0.717) is 9.13 Å². The van der Waals surface area contributed by atoms with Crippen molar-refractivity contribution in [2.75, 3.05) is 0 Å². The molecule has 0 N–H and O–H groups in total. The summed E-state index contributed by atoms with van der Waals surface area (Å²) in [4.78, 5) is 0. The van der Waals surface area contributed by atoms with Gasteiger partial charge in [-0.3, -0.25) is 0 Å². The zero-order chi connectivity index (χ0) is 16.2. The molecule has 0 saturated heterocycles. The lowest BCUT2D eigenvalue weighted by Gasteiger charge is -2.25. The molecular weight excluding hydrogens is 385 g/mol. The van der Waals surface area contributed by atoms with Crippen molar-refractivity contribution in [3.8, 4) is 0 Å². The van der Waals surface area contributed by atoms with Gasteiger partial charge in [0, 0.05) is 0 Å². The number of para-hydroxylation sites is 2. The van der Waals surface area contributed by atoms with Crippen molar-refractivity contribution in [1.82, 2.24) is 4.57 Å². The fraction of sp³-hybridized carbons (Fsp3) is 0.417. The summed E-state index contributed by atoms with van der Waals surface area (Å²) < 4.78 is 92.2. The second kappa shape index (κ2) is 5.39. The minimum Gasteiger partial charge on any atom is -1.00 e. The number of imidazole rings is 1. The van der Waals surface area contributed by atoms with Crippen molar-refractivity contribution in [1.29, 1.82) is 0 Å². The molecule has 10 heteroatoms. The van der Waals surface area contributed by atoms with Crippen LogP contribution in [-0.2, 0) is 20.0 Å². The maximum absolute atomic E-state index is 13.9. The van der Waals surface area contributed by atoms with Crippen LogP contribution in [0.15, 0.2) is 24.3 Å². The Hall–Kier alpha value is -1.32. The molecule has 1 heterocycles. The number of halogens is 8. The lowest BCUT2D eigenvalue weighted by Crippen LogP contribution is -3.00. The van der Waals surface area contributed by atoms with E-state index in [2.05, 4.69) is 0 Å². The fourth-order valence-electron chi connectivity index (χ4n) is 2.22. The van der Waals surface area contributed by atoms with E-state index in [0.717, 1.165) is 14.1 Å². The Kier molecular flexibility index (Phi) is 4.59. The maximum atomic E-state index is 13.9. The number of hydrogen-bond donors (Lipinski definition) is 0. The van der Waals surface area contributed by atoms with E-state index in [4.69, 9.17) is 0 Å². The first-order chi connectivity index (χ1) is 9.43. The molecular formula is C12H10BrF7N2. The number of aryl methyl sites for hydroxylation is 2. The van der Waals surface area contributed by atoms with Crippen LogP contribution in [0.1, 0.15) is 5.82 Å².